The van der Waals surface area contributed by atoms with Gasteiger partial charge in [-0.1, -0.05) is 380 Å². The summed E-state index contributed by atoms with van der Waals surface area (Å²) in [6, 6.07) is 0. The van der Waals surface area contributed by atoms with Crippen molar-refractivity contribution in [3.8, 4) is 0 Å². The van der Waals surface area contributed by atoms with Crippen LogP contribution in [0.4, 0.5) is 0 Å². The molecule has 0 saturated heterocycles. The lowest BCUT2D eigenvalue weighted by molar-refractivity contribution is -0.161. The van der Waals surface area contributed by atoms with Crippen LogP contribution in [0.1, 0.15) is 433 Å². The van der Waals surface area contributed by atoms with Crippen molar-refractivity contribution < 1.29 is 80.2 Å². The van der Waals surface area contributed by atoms with Crippen molar-refractivity contribution in [3.63, 3.8) is 0 Å². The molecule has 7 atom stereocenters. The highest BCUT2D eigenvalue weighted by atomic mass is 31.2. The molecule has 105 heavy (non-hydrogen) atoms. The molecule has 4 unspecified atom stereocenters. The minimum absolute atomic E-state index is 0.0854. The van der Waals surface area contributed by atoms with Crippen LogP contribution in [-0.4, -0.2) is 96.7 Å². The second-order valence-electron chi connectivity index (χ2n) is 30.7. The van der Waals surface area contributed by atoms with Crippen LogP contribution in [0.25, 0.3) is 0 Å². The molecule has 0 fully saturated rings. The fourth-order valence-corrected chi connectivity index (χ4v) is 14.4. The number of unbranched alkanes of at least 4 members (excludes halogenated alkanes) is 48. The predicted octanol–water partition coefficient (Wildman–Crippen LogP) is 25.8. The highest BCUT2D eigenvalue weighted by Crippen LogP contribution is 2.45. The minimum Gasteiger partial charge on any atom is -0.462 e. The van der Waals surface area contributed by atoms with E-state index in [-0.39, 0.29) is 25.7 Å². The number of aliphatic hydroxyl groups excluding tert-OH is 1. The molecular weight excluding hydrogens is 1370 g/mol. The number of phosphoric acid groups is 2. The van der Waals surface area contributed by atoms with E-state index in [9.17, 15) is 43.2 Å². The fourth-order valence-electron chi connectivity index (χ4n) is 12.8. The summed E-state index contributed by atoms with van der Waals surface area (Å²) in [5.41, 5.74) is 0. The predicted molar refractivity (Wildman–Crippen MR) is 432 cm³/mol. The number of allylic oxidation sites excluding steroid dienone is 4. The molecule has 0 bridgehead atoms. The van der Waals surface area contributed by atoms with Crippen molar-refractivity contribution in [2.24, 2.45) is 11.8 Å². The van der Waals surface area contributed by atoms with Crippen LogP contribution in [0.15, 0.2) is 24.3 Å². The first-order chi connectivity index (χ1) is 50.9. The lowest BCUT2D eigenvalue weighted by Gasteiger charge is -2.21. The molecule has 0 heterocycles. The van der Waals surface area contributed by atoms with Gasteiger partial charge in [-0.25, -0.2) is 9.13 Å². The Labute approximate surface area is 643 Å². The Morgan fingerprint density at radius 3 is 0.810 bits per heavy atom. The Hall–Kier alpha value is -2.46. The van der Waals surface area contributed by atoms with Gasteiger partial charge in [0.05, 0.1) is 26.4 Å². The molecule has 620 valence electrons. The molecular formula is C86H164O17P2. The van der Waals surface area contributed by atoms with Crippen LogP contribution in [0.5, 0.6) is 0 Å². The third-order valence-corrected chi connectivity index (χ3v) is 22.2. The second-order valence-corrected chi connectivity index (χ2v) is 33.6. The third kappa shape index (κ3) is 76.7. The number of hydrogen-bond acceptors (Lipinski definition) is 15. The van der Waals surface area contributed by atoms with Crippen molar-refractivity contribution in [2.75, 3.05) is 39.6 Å². The topological polar surface area (TPSA) is 237 Å². The van der Waals surface area contributed by atoms with Gasteiger partial charge in [0.15, 0.2) is 12.2 Å². The number of esters is 4. The van der Waals surface area contributed by atoms with E-state index in [0.29, 0.717) is 25.7 Å². The molecule has 0 aliphatic carbocycles. The molecule has 17 nitrogen and oxygen atoms in total. The average Bonchev–Trinajstić information content (AvgIpc) is 1.02. The lowest BCUT2D eigenvalue weighted by atomic mass is 9.99. The largest absolute Gasteiger partial charge is 0.472 e. The summed E-state index contributed by atoms with van der Waals surface area (Å²) < 4.78 is 68.8. The van der Waals surface area contributed by atoms with Gasteiger partial charge >= 0.3 is 39.5 Å². The van der Waals surface area contributed by atoms with Crippen molar-refractivity contribution in [3.05, 3.63) is 24.3 Å². The first-order valence-corrected chi connectivity index (χ1v) is 46.9. The van der Waals surface area contributed by atoms with Crippen LogP contribution < -0.4 is 0 Å². The van der Waals surface area contributed by atoms with Crippen molar-refractivity contribution in [1.82, 2.24) is 0 Å². The fraction of sp³-hybridized carbons (Fsp3) is 0.907. The molecule has 3 N–H and O–H groups in total. The summed E-state index contributed by atoms with van der Waals surface area (Å²) in [5, 5.41) is 10.7. The van der Waals surface area contributed by atoms with E-state index in [1.165, 1.54) is 238 Å². The van der Waals surface area contributed by atoms with E-state index in [1.54, 1.807) is 0 Å². The van der Waals surface area contributed by atoms with Crippen LogP contribution in [-0.2, 0) is 65.4 Å². The maximum absolute atomic E-state index is 13.1. The number of ether oxygens (including phenoxy) is 4. The van der Waals surface area contributed by atoms with E-state index in [2.05, 4.69) is 65.8 Å². The molecule has 0 rings (SSSR count). The molecule has 0 radical (unpaired) electrons. The number of carbonyl (C=O) groups excluding carboxylic acids is 4. The maximum atomic E-state index is 13.1. The van der Waals surface area contributed by atoms with E-state index < -0.39 is 97.5 Å². The van der Waals surface area contributed by atoms with E-state index in [1.807, 2.05) is 0 Å². The molecule has 0 aliphatic rings. The second kappa shape index (κ2) is 76.9. The number of aliphatic hydroxyl groups is 1. The number of phosphoric ester groups is 2. The number of carbonyl (C=O) groups is 4. The zero-order chi connectivity index (χ0) is 77.1. The SMILES string of the molecule is CCCCCC/C=C\C=C/CCCCCCCC(=O)O[C@H](COC(=O)CCCCCCCCCCCC)COP(=O)(O)OC[C@H](O)COP(=O)(O)OC[C@@H](COC(=O)CCCCCCCCCCCCCCCCC(C)CC)OC(=O)CCCCCCCCCCCCCCCCCCCCC(C)CC. The van der Waals surface area contributed by atoms with E-state index in [4.69, 9.17) is 37.0 Å². The summed E-state index contributed by atoms with van der Waals surface area (Å²) in [5.74, 6) is -0.415. The Balaban J connectivity index is 5.25. The van der Waals surface area contributed by atoms with E-state index >= 15 is 0 Å². The van der Waals surface area contributed by atoms with Gasteiger partial charge in [-0.2, -0.15) is 0 Å². The monoisotopic (exact) mass is 1530 g/mol. The Morgan fingerprint density at radius 1 is 0.305 bits per heavy atom. The van der Waals surface area contributed by atoms with Gasteiger partial charge in [-0.05, 0) is 63.2 Å². The van der Waals surface area contributed by atoms with Gasteiger partial charge < -0.3 is 33.8 Å². The lowest BCUT2D eigenvalue weighted by Crippen LogP contribution is -2.30. The smallest absolute Gasteiger partial charge is 0.462 e. The van der Waals surface area contributed by atoms with Crippen LogP contribution in [0.3, 0.4) is 0 Å². The summed E-state index contributed by atoms with van der Waals surface area (Å²) in [6.45, 7) is 9.71. The van der Waals surface area contributed by atoms with Gasteiger partial charge in [-0.3, -0.25) is 37.3 Å². The summed E-state index contributed by atoms with van der Waals surface area (Å²) in [7, 11) is -9.94. The van der Waals surface area contributed by atoms with Crippen LogP contribution >= 0.6 is 15.6 Å². The molecule has 0 amide bonds. The van der Waals surface area contributed by atoms with Gasteiger partial charge in [0, 0.05) is 25.7 Å². The maximum Gasteiger partial charge on any atom is 0.472 e. The van der Waals surface area contributed by atoms with Crippen molar-refractivity contribution >= 4 is 39.5 Å². The van der Waals surface area contributed by atoms with Crippen molar-refractivity contribution in [2.45, 2.75) is 452 Å². The Kier molecular flexibility index (Phi) is 75.1. The average molecular weight is 1530 g/mol. The zero-order valence-electron chi connectivity index (χ0n) is 68.5. The molecule has 0 aliphatic heterocycles. The standard InChI is InChI=1S/C86H164O17P2/c1-7-11-13-15-17-19-21-22-27-35-40-46-52-58-64-70-85(90)102-81(74-96-83(88)68-62-56-50-44-20-18-16-14-12-8-2)76-100-104(92,93)98-72-80(87)73-99-105(94,95)101-77-82(75-97-84(89)69-63-57-51-45-39-34-31-30-33-38-43-49-55-61-67-79(6)10-4)103-86(91)71-65-59-53-47-41-36-29-26-24-23-25-28-32-37-42-48-54-60-66-78(5)9-3/h19,21-22,27,78-82,87H,7-18,20,23-26,28-77H2,1-6H3,(H,92,93)(H,94,95)/b21-19-,27-22-/t78?,79?,80-,81+,82+/m0/s1. The van der Waals surface area contributed by atoms with Gasteiger partial charge in [0.1, 0.15) is 19.3 Å². The van der Waals surface area contributed by atoms with Crippen molar-refractivity contribution in [1.29, 1.82) is 0 Å². The third-order valence-electron chi connectivity index (χ3n) is 20.3. The molecule has 0 aromatic heterocycles. The molecule has 0 spiro atoms. The zero-order valence-corrected chi connectivity index (χ0v) is 70.3. The van der Waals surface area contributed by atoms with Gasteiger partial charge in [0.25, 0.3) is 0 Å². The Morgan fingerprint density at radius 2 is 0.533 bits per heavy atom. The summed E-state index contributed by atoms with van der Waals surface area (Å²) in [6.07, 6.45) is 71.5. The first kappa shape index (κ1) is 103. The number of rotatable bonds is 83. The highest BCUT2D eigenvalue weighted by molar-refractivity contribution is 7.47. The van der Waals surface area contributed by atoms with Gasteiger partial charge in [-0.15, -0.1) is 0 Å². The first-order valence-electron chi connectivity index (χ1n) is 43.9. The highest BCUT2D eigenvalue weighted by Gasteiger charge is 2.30. The quantitative estimate of drug-likeness (QED) is 0.0169. The van der Waals surface area contributed by atoms with Gasteiger partial charge in [0.2, 0.25) is 0 Å². The summed E-state index contributed by atoms with van der Waals surface area (Å²) in [4.78, 5) is 73.1. The molecule has 19 heteroatoms. The van der Waals surface area contributed by atoms with Crippen LogP contribution in [0, 0.1) is 11.8 Å². The molecule has 0 aromatic rings. The van der Waals surface area contributed by atoms with E-state index in [0.717, 1.165) is 115 Å². The van der Waals surface area contributed by atoms with Crippen LogP contribution in [0.2, 0.25) is 0 Å². The number of hydrogen-bond donors (Lipinski definition) is 3. The molecule has 0 aromatic carbocycles. The summed E-state index contributed by atoms with van der Waals surface area (Å²) >= 11 is 0. The molecule has 0 saturated carbocycles. The normalized spacial score (nSPS) is 14.5. The minimum atomic E-state index is -4.97. The Bertz CT molecular complexity index is 2110.